The van der Waals surface area contributed by atoms with Gasteiger partial charge in [0.25, 0.3) is 5.91 Å². The predicted octanol–water partition coefficient (Wildman–Crippen LogP) is 4.01. The van der Waals surface area contributed by atoms with Gasteiger partial charge in [0.05, 0.1) is 15.8 Å². The molecule has 7 nitrogen and oxygen atoms in total. The van der Waals surface area contributed by atoms with Crippen LogP contribution in [0.15, 0.2) is 53.3 Å². The smallest absolute Gasteiger partial charge is 0.341 e. The van der Waals surface area contributed by atoms with Gasteiger partial charge in [0.15, 0.2) is 23.2 Å². The van der Waals surface area contributed by atoms with E-state index in [1.807, 2.05) is 24.3 Å². The number of anilines is 1. The fourth-order valence-corrected chi connectivity index (χ4v) is 3.55. The van der Waals surface area contributed by atoms with Crippen molar-refractivity contribution >= 4 is 49.7 Å². The summed E-state index contributed by atoms with van der Waals surface area (Å²) in [6, 6.07) is 12.6. The van der Waals surface area contributed by atoms with Crippen LogP contribution in [-0.4, -0.2) is 27.9 Å². The molecule has 136 valence electrons. The van der Waals surface area contributed by atoms with Crippen LogP contribution in [0.25, 0.3) is 21.3 Å². The highest BCUT2D eigenvalue weighted by molar-refractivity contribution is 7.22. The lowest BCUT2D eigenvalue weighted by Gasteiger charge is -2.15. The fraction of sp³-hybridized carbons (Fsp3) is 0.158. The number of nitrogens with one attached hydrogen (secondary N) is 1. The number of carbonyl (C=O) groups excluding carboxylic acids is 2. The highest BCUT2D eigenvalue weighted by Gasteiger charge is 2.24. The number of para-hydroxylation sites is 2. The van der Waals surface area contributed by atoms with E-state index in [1.165, 1.54) is 17.7 Å². The monoisotopic (exact) mass is 381 g/mol. The Labute approximate surface area is 158 Å². The number of benzene rings is 2. The summed E-state index contributed by atoms with van der Waals surface area (Å²) in [6.07, 6.45) is 0.655. The Morgan fingerprint density at radius 2 is 2.07 bits per heavy atom. The van der Waals surface area contributed by atoms with Crippen molar-refractivity contribution < 1.29 is 18.7 Å². The molecule has 1 N–H and O–H groups in total. The minimum absolute atomic E-state index is 0.257. The van der Waals surface area contributed by atoms with Gasteiger partial charge in [0.2, 0.25) is 0 Å². The van der Waals surface area contributed by atoms with E-state index < -0.39 is 18.0 Å². The summed E-state index contributed by atoms with van der Waals surface area (Å²) >= 11 is 1.37. The van der Waals surface area contributed by atoms with Crippen LogP contribution in [0.5, 0.6) is 0 Å². The molecule has 27 heavy (non-hydrogen) atoms. The van der Waals surface area contributed by atoms with Crippen molar-refractivity contribution in [2.75, 3.05) is 5.32 Å². The van der Waals surface area contributed by atoms with Crippen LogP contribution < -0.4 is 5.32 Å². The van der Waals surface area contributed by atoms with E-state index in [9.17, 15) is 9.59 Å². The highest BCUT2D eigenvalue weighted by atomic mass is 32.1. The minimum atomic E-state index is -0.938. The number of hydrogen-bond acceptors (Lipinski definition) is 7. The first-order valence-corrected chi connectivity index (χ1v) is 9.17. The molecule has 0 radical (unpaired) electrons. The first-order valence-electron chi connectivity index (χ1n) is 8.35. The molecule has 0 aliphatic carbocycles. The standard InChI is InChI=1S/C19H15N3O4S/c1-2-13(17(23)22-19-21-12-7-3-4-9-15(12)27-19)26-18(24)11-6-5-8-14-16(11)20-10-25-14/h3-10,13H,2H2,1H3,(H,21,22,23). The third kappa shape index (κ3) is 3.39. The van der Waals surface area contributed by atoms with Crippen LogP contribution in [-0.2, 0) is 9.53 Å². The average molecular weight is 381 g/mol. The lowest BCUT2D eigenvalue weighted by molar-refractivity contribution is -0.124. The van der Waals surface area contributed by atoms with Crippen molar-refractivity contribution in [1.29, 1.82) is 0 Å². The largest absolute Gasteiger partial charge is 0.449 e. The number of aromatic nitrogens is 2. The van der Waals surface area contributed by atoms with Crippen molar-refractivity contribution in [3.8, 4) is 0 Å². The number of fused-ring (bicyclic) bond motifs is 2. The molecule has 0 fully saturated rings. The van der Waals surface area contributed by atoms with Crippen LogP contribution in [0.4, 0.5) is 5.13 Å². The second kappa shape index (κ2) is 7.16. The zero-order valence-electron chi connectivity index (χ0n) is 14.3. The average Bonchev–Trinajstić information content (AvgIpc) is 3.31. The zero-order valence-corrected chi connectivity index (χ0v) is 15.2. The summed E-state index contributed by atoms with van der Waals surface area (Å²) in [7, 11) is 0. The Kier molecular flexibility index (Phi) is 4.55. The maximum atomic E-state index is 12.5. The van der Waals surface area contributed by atoms with E-state index >= 15 is 0 Å². The Hall–Kier alpha value is -3.26. The summed E-state index contributed by atoms with van der Waals surface area (Å²) in [5, 5.41) is 3.20. The number of amides is 1. The Bertz CT molecular complexity index is 1100. The molecule has 2 aromatic heterocycles. The molecule has 0 spiro atoms. The molecule has 0 bridgehead atoms. The number of thiazole rings is 1. The number of oxazole rings is 1. The van der Waals surface area contributed by atoms with E-state index in [0.29, 0.717) is 22.7 Å². The number of rotatable bonds is 5. The summed E-state index contributed by atoms with van der Waals surface area (Å²) in [5.41, 5.74) is 1.95. The van der Waals surface area contributed by atoms with Gasteiger partial charge in [-0.2, -0.15) is 0 Å². The molecule has 0 aliphatic heterocycles. The number of ether oxygens (including phenoxy) is 1. The van der Waals surface area contributed by atoms with E-state index in [-0.39, 0.29) is 5.56 Å². The second-order valence-corrected chi connectivity index (χ2v) is 6.81. The molecule has 0 aliphatic rings. The molecular weight excluding hydrogens is 366 g/mol. The quantitative estimate of drug-likeness (QED) is 0.525. The predicted molar refractivity (Wildman–Crippen MR) is 102 cm³/mol. The van der Waals surface area contributed by atoms with Crippen molar-refractivity contribution in [2.45, 2.75) is 19.4 Å². The molecule has 0 saturated heterocycles. The molecule has 2 aromatic carbocycles. The maximum absolute atomic E-state index is 12.5. The Morgan fingerprint density at radius 3 is 2.89 bits per heavy atom. The van der Waals surface area contributed by atoms with Crippen LogP contribution in [0.3, 0.4) is 0 Å². The number of hydrogen-bond donors (Lipinski definition) is 1. The molecular formula is C19H15N3O4S. The molecule has 4 aromatic rings. The molecule has 4 rings (SSSR count). The van der Waals surface area contributed by atoms with Crippen molar-refractivity contribution in [1.82, 2.24) is 9.97 Å². The Morgan fingerprint density at radius 1 is 1.22 bits per heavy atom. The normalized spacial score (nSPS) is 12.2. The highest BCUT2D eigenvalue weighted by Crippen LogP contribution is 2.26. The molecule has 1 amide bonds. The SMILES string of the molecule is CCC(OC(=O)c1cccc2ocnc12)C(=O)Nc1nc2ccccc2s1. The van der Waals surface area contributed by atoms with Gasteiger partial charge in [-0.3, -0.25) is 10.1 Å². The topological polar surface area (TPSA) is 94.3 Å². The molecule has 0 saturated carbocycles. The van der Waals surface area contributed by atoms with Crippen LogP contribution in [0.1, 0.15) is 23.7 Å². The van der Waals surface area contributed by atoms with E-state index in [2.05, 4.69) is 15.3 Å². The summed E-state index contributed by atoms with van der Waals surface area (Å²) in [6.45, 7) is 1.77. The van der Waals surface area contributed by atoms with Gasteiger partial charge < -0.3 is 9.15 Å². The van der Waals surface area contributed by atoms with Gasteiger partial charge >= 0.3 is 5.97 Å². The van der Waals surface area contributed by atoms with Gasteiger partial charge in [-0.05, 0) is 30.7 Å². The van der Waals surface area contributed by atoms with Gasteiger partial charge in [-0.25, -0.2) is 14.8 Å². The molecule has 2 heterocycles. The van der Waals surface area contributed by atoms with E-state index in [4.69, 9.17) is 9.15 Å². The van der Waals surface area contributed by atoms with Crippen LogP contribution >= 0.6 is 11.3 Å². The summed E-state index contributed by atoms with van der Waals surface area (Å²) in [4.78, 5) is 33.5. The van der Waals surface area contributed by atoms with Crippen molar-refractivity contribution in [2.24, 2.45) is 0 Å². The van der Waals surface area contributed by atoms with Crippen molar-refractivity contribution in [3.05, 3.63) is 54.4 Å². The van der Waals surface area contributed by atoms with Crippen molar-refractivity contribution in [3.63, 3.8) is 0 Å². The lowest BCUT2D eigenvalue weighted by Crippen LogP contribution is -2.32. The molecule has 1 atom stereocenters. The first-order chi connectivity index (χ1) is 13.2. The van der Waals surface area contributed by atoms with E-state index in [1.54, 1.807) is 25.1 Å². The van der Waals surface area contributed by atoms with Gasteiger partial charge in [0.1, 0.15) is 5.52 Å². The number of esters is 1. The zero-order chi connectivity index (χ0) is 18.8. The maximum Gasteiger partial charge on any atom is 0.341 e. The van der Waals surface area contributed by atoms with Gasteiger partial charge in [-0.1, -0.05) is 36.5 Å². The summed E-state index contributed by atoms with van der Waals surface area (Å²) < 4.78 is 11.6. The third-order valence-corrected chi connectivity index (χ3v) is 4.97. The third-order valence-electron chi connectivity index (χ3n) is 4.02. The minimum Gasteiger partial charge on any atom is -0.449 e. The molecule has 8 heteroatoms. The lowest BCUT2D eigenvalue weighted by atomic mass is 10.2. The van der Waals surface area contributed by atoms with Gasteiger partial charge in [-0.15, -0.1) is 0 Å². The Balaban J connectivity index is 1.50. The second-order valence-electron chi connectivity index (χ2n) is 5.78. The first kappa shape index (κ1) is 17.2. The van der Waals surface area contributed by atoms with E-state index in [0.717, 1.165) is 10.2 Å². The van der Waals surface area contributed by atoms with Crippen LogP contribution in [0.2, 0.25) is 0 Å². The fourth-order valence-electron chi connectivity index (χ4n) is 2.68. The summed E-state index contributed by atoms with van der Waals surface area (Å²) in [5.74, 6) is -1.04. The van der Waals surface area contributed by atoms with Crippen LogP contribution in [0, 0.1) is 0 Å². The molecule has 1 unspecified atom stereocenters. The van der Waals surface area contributed by atoms with Gasteiger partial charge in [0, 0.05) is 0 Å². The number of carbonyl (C=O) groups is 2. The number of nitrogens with zero attached hydrogens (tertiary/aromatic N) is 2.